The molecule has 0 aromatic carbocycles. The molecular weight excluding hydrogens is 250 g/mol. The monoisotopic (exact) mass is 279 g/mol. The summed E-state index contributed by atoms with van der Waals surface area (Å²) in [6.07, 6.45) is 12.2. The van der Waals surface area contributed by atoms with E-state index in [0.717, 1.165) is 0 Å². The summed E-state index contributed by atoms with van der Waals surface area (Å²) >= 11 is 3.99. The van der Waals surface area contributed by atoms with Crippen molar-refractivity contribution in [2.24, 2.45) is 0 Å². The molecule has 15 heavy (non-hydrogen) atoms. The Morgan fingerprint density at radius 2 is 1.00 bits per heavy atom. The predicted molar refractivity (Wildman–Crippen MR) is 75.3 cm³/mol. The van der Waals surface area contributed by atoms with Gasteiger partial charge in [-0.3, -0.25) is 0 Å². The summed E-state index contributed by atoms with van der Waals surface area (Å²) in [6, 6.07) is 0. The Hall–Kier alpha value is 0.440. The SMILES string of the molecule is CCCCC(Br)(CCCC)CCCC.N. The van der Waals surface area contributed by atoms with Crippen molar-refractivity contribution in [3.8, 4) is 0 Å². The Morgan fingerprint density at radius 1 is 0.733 bits per heavy atom. The molecule has 0 aliphatic heterocycles. The Balaban J connectivity index is 0. The van der Waals surface area contributed by atoms with Crippen molar-refractivity contribution in [3.63, 3.8) is 0 Å². The number of alkyl halides is 1. The molecule has 0 saturated heterocycles. The van der Waals surface area contributed by atoms with E-state index in [1.807, 2.05) is 0 Å². The number of unbranched alkanes of at least 4 members (excludes halogenated alkanes) is 3. The lowest BCUT2D eigenvalue weighted by Crippen LogP contribution is -2.20. The standard InChI is InChI=1S/C13H27Br.H3N/c1-4-7-10-13(14,11-8-5-2)12-9-6-3;/h4-12H2,1-3H3;1H3. The van der Waals surface area contributed by atoms with Crippen LogP contribution in [-0.4, -0.2) is 4.32 Å². The quantitative estimate of drug-likeness (QED) is 0.528. The van der Waals surface area contributed by atoms with Gasteiger partial charge in [0.05, 0.1) is 0 Å². The third kappa shape index (κ3) is 9.37. The lowest BCUT2D eigenvalue weighted by molar-refractivity contribution is 0.434. The average molecular weight is 280 g/mol. The van der Waals surface area contributed by atoms with Gasteiger partial charge in [-0.25, -0.2) is 0 Å². The molecule has 3 N–H and O–H groups in total. The van der Waals surface area contributed by atoms with Crippen LogP contribution in [0.5, 0.6) is 0 Å². The van der Waals surface area contributed by atoms with E-state index < -0.39 is 0 Å². The number of rotatable bonds is 9. The van der Waals surface area contributed by atoms with Gasteiger partial charge >= 0.3 is 0 Å². The summed E-state index contributed by atoms with van der Waals surface area (Å²) in [6.45, 7) is 6.85. The fourth-order valence-corrected chi connectivity index (χ4v) is 2.70. The summed E-state index contributed by atoms with van der Waals surface area (Å²) in [5, 5.41) is 0. The van der Waals surface area contributed by atoms with Gasteiger partial charge in [0.25, 0.3) is 0 Å². The summed E-state index contributed by atoms with van der Waals surface area (Å²) in [5.41, 5.74) is 0. The van der Waals surface area contributed by atoms with E-state index in [-0.39, 0.29) is 6.15 Å². The Morgan fingerprint density at radius 3 is 1.20 bits per heavy atom. The van der Waals surface area contributed by atoms with Crippen LogP contribution in [0.4, 0.5) is 0 Å². The molecule has 0 fully saturated rings. The zero-order chi connectivity index (χ0) is 10.9. The fourth-order valence-electron chi connectivity index (χ4n) is 1.86. The lowest BCUT2D eigenvalue weighted by atomic mass is 9.91. The first kappa shape index (κ1) is 17.8. The number of halogens is 1. The molecule has 0 atom stereocenters. The smallest absolute Gasteiger partial charge is 0.0258 e. The molecule has 0 spiro atoms. The first-order valence-corrected chi connectivity index (χ1v) is 7.16. The molecule has 0 rings (SSSR count). The van der Waals surface area contributed by atoms with Gasteiger partial charge in [0.1, 0.15) is 0 Å². The zero-order valence-electron chi connectivity index (χ0n) is 10.9. The van der Waals surface area contributed by atoms with Crippen molar-refractivity contribution >= 4 is 15.9 Å². The van der Waals surface area contributed by atoms with Crippen molar-refractivity contribution in [3.05, 3.63) is 0 Å². The van der Waals surface area contributed by atoms with Gasteiger partial charge in [-0.2, -0.15) is 0 Å². The van der Waals surface area contributed by atoms with Crippen LogP contribution in [0.2, 0.25) is 0 Å². The summed E-state index contributed by atoms with van der Waals surface area (Å²) < 4.78 is 0.467. The topological polar surface area (TPSA) is 35.0 Å². The average Bonchev–Trinajstić information content (AvgIpc) is 2.21. The second kappa shape index (κ2) is 10.9. The summed E-state index contributed by atoms with van der Waals surface area (Å²) in [7, 11) is 0. The van der Waals surface area contributed by atoms with Crippen molar-refractivity contribution in [2.45, 2.75) is 82.9 Å². The van der Waals surface area contributed by atoms with Gasteiger partial charge < -0.3 is 6.15 Å². The zero-order valence-corrected chi connectivity index (χ0v) is 12.5. The van der Waals surface area contributed by atoms with Crippen molar-refractivity contribution < 1.29 is 0 Å². The number of hydrogen-bond acceptors (Lipinski definition) is 1. The Bertz CT molecular complexity index is 104. The highest BCUT2D eigenvalue weighted by Gasteiger charge is 2.24. The predicted octanol–water partition coefficient (Wildman–Crippen LogP) is 5.85. The summed E-state index contributed by atoms with van der Waals surface area (Å²) in [4.78, 5) is 0. The third-order valence-electron chi connectivity index (χ3n) is 2.94. The van der Waals surface area contributed by atoms with E-state index in [1.54, 1.807) is 0 Å². The molecule has 0 unspecified atom stereocenters. The molecule has 0 aromatic rings. The van der Waals surface area contributed by atoms with Crippen LogP contribution in [0.15, 0.2) is 0 Å². The van der Waals surface area contributed by atoms with Crippen LogP contribution in [0.1, 0.15) is 78.6 Å². The molecule has 0 aliphatic carbocycles. The highest BCUT2D eigenvalue weighted by Crippen LogP contribution is 2.35. The minimum absolute atomic E-state index is 0. The molecular formula is C13H30BrN. The molecule has 0 radical (unpaired) electrons. The summed E-state index contributed by atoms with van der Waals surface area (Å²) in [5.74, 6) is 0. The van der Waals surface area contributed by atoms with Crippen molar-refractivity contribution in [2.75, 3.05) is 0 Å². The van der Waals surface area contributed by atoms with Crippen LogP contribution in [0.3, 0.4) is 0 Å². The van der Waals surface area contributed by atoms with Crippen molar-refractivity contribution in [1.29, 1.82) is 0 Å². The molecule has 0 bridgehead atoms. The van der Waals surface area contributed by atoms with Gasteiger partial charge in [-0.15, -0.1) is 0 Å². The third-order valence-corrected chi connectivity index (χ3v) is 4.12. The first-order valence-electron chi connectivity index (χ1n) is 6.37. The van der Waals surface area contributed by atoms with Crippen LogP contribution < -0.4 is 6.15 Å². The molecule has 94 valence electrons. The van der Waals surface area contributed by atoms with Gasteiger partial charge in [-0.05, 0) is 19.3 Å². The minimum atomic E-state index is 0. The van der Waals surface area contributed by atoms with Crippen molar-refractivity contribution in [1.82, 2.24) is 6.15 Å². The Labute approximate surface area is 105 Å². The normalized spacial score (nSPS) is 11.2. The fraction of sp³-hybridized carbons (Fsp3) is 1.00. The van der Waals surface area contributed by atoms with Crippen LogP contribution in [-0.2, 0) is 0 Å². The van der Waals surface area contributed by atoms with E-state index in [2.05, 4.69) is 36.7 Å². The van der Waals surface area contributed by atoms with Gasteiger partial charge in [0.15, 0.2) is 0 Å². The largest absolute Gasteiger partial charge is 0.344 e. The highest BCUT2D eigenvalue weighted by atomic mass is 79.9. The molecule has 1 nitrogen and oxygen atoms in total. The molecule has 0 saturated carbocycles. The minimum Gasteiger partial charge on any atom is -0.344 e. The van der Waals surface area contributed by atoms with Crippen LogP contribution in [0, 0.1) is 0 Å². The van der Waals surface area contributed by atoms with Gasteiger partial charge in [0, 0.05) is 4.32 Å². The number of hydrogen-bond donors (Lipinski definition) is 1. The Kier molecular flexibility index (Phi) is 13.0. The van der Waals surface area contributed by atoms with E-state index >= 15 is 0 Å². The van der Waals surface area contributed by atoms with Gasteiger partial charge in [-0.1, -0.05) is 75.2 Å². The molecule has 0 amide bonds. The van der Waals surface area contributed by atoms with E-state index in [0.29, 0.717) is 4.32 Å². The maximum absolute atomic E-state index is 3.99. The lowest BCUT2D eigenvalue weighted by Gasteiger charge is -2.27. The molecule has 0 heterocycles. The van der Waals surface area contributed by atoms with E-state index in [9.17, 15) is 0 Å². The molecule has 0 aromatic heterocycles. The molecule has 2 heteroatoms. The highest BCUT2D eigenvalue weighted by molar-refractivity contribution is 9.10. The molecule has 0 aliphatic rings. The first-order chi connectivity index (χ1) is 6.68. The maximum Gasteiger partial charge on any atom is 0.0258 e. The second-order valence-corrected chi connectivity index (χ2v) is 6.14. The van der Waals surface area contributed by atoms with E-state index in [1.165, 1.54) is 57.8 Å². The van der Waals surface area contributed by atoms with Crippen LogP contribution in [0.25, 0.3) is 0 Å². The van der Waals surface area contributed by atoms with E-state index in [4.69, 9.17) is 0 Å². The maximum atomic E-state index is 3.99. The second-order valence-electron chi connectivity index (χ2n) is 4.46. The van der Waals surface area contributed by atoms with Crippen LogP contribution >= 0.6 is 15.9 Å². The van der Waals surface area contributed by atoms with Gasteiger partial charge in [0.2, 0.25) is 0 Å².